The number of amides is 2. The molecule has 2 amide bonds. The molecule has 0 radical (unpaired) electrons. The van der Waals surface area contributed by atoms with Gasteiger partial charge in [-0.15, -0.1) is 11.3 Å². The Bertz CT molecular complexity index is 1200. The second kappa shape index (κ2) is 8.48. The summed E-state index contributed by atoms with van der Waals surface area (Å²) < 4.78 is 5.40. The summed E-state index contributed by atoms with van der Waals surface area (Å²) in [6.45, 7) is 1.43. The minimum absolute atomic E-state index is 0.173. The van der Waals surface area contributed by atoms with Gasteiger partial charge in [-0.1, -0.05) is 16.8 Å². The van der Waals surface area contributed by atoms with Crippen LogP contribution in [0.15, 0.2) is 64.5 Å². The van der Waals surface area contributed by atoms with Crippen LogP contribution >= 0.6 is 22.9 Å². The largest absolute Gasteiger partial charge is 0.333 e. The van der Waals surface area contributed by atoms with Crippen molar-refractivity contribution in [3.8, 4) is 22.2 Å². The van der Waals surface area contributed by atoms with Gasteiger partial charge in [0.15, 0.2) is 0 Å². The van der Waals surface area contributed by atoms with Gasteiger partial charge in [-0.3, -0.25) is 9.59 Å². The molecule has 150 valence electrons. The average Bonchev–Trinajstić information content (AvgIpc) is 3.38. The number of nitrogens with zero attached hydrogens (tertiary/aromatic N) is 2. The van der Waals surface area contributed by atoms with Crippen LogP contribution in [0.5, 0.6) is 0 Å². The third-order valence-electron chi connectivity index (χ3n) is 4.10. The first-order valence-corrected chi connectivity index (χ1v) is 10.1. The Labute approximate surface area is 180 Å². The molecule has 9 heteroatoms. The number of thiophene rings is 1. The highest BCUT2D eigenvalue weighted by molar-refractivity contribution is 7.14. The van der Waals surface area contributed by atoms with E-state index in [4.69, 9.17) is 16.1 Å². The molecule has 0 bridgehead atoms. The average molecular weight is 439 g/mol. The van der Waals surface area contributed by atoms with E-state index >= 15 is 0 Å². The van der Waals surface area contributed by atoms with E-state index in [-0.39, 0.29) is 11.8 Å². The van der Waals surface area contributed by atoms with E-state index in [1.54, 1.807) is 54.6 Å². The second-order valence-electron chi connectivity index (χ2n) is 6.31. The first-order valence-electron chi connectivity index (χ1n) is 8.86. The van der Waals surface area contributed by atoms with Crippen molar-refractivity contribution < 1.29 is 14.1 Å². The predicted octanol–water partition coefficient (Wildman–Crippen LogP) is 5.33. The zero-order valence-electron chi connectivity index (χ0n) is 15.7. The van der Waals surface area contributed by atoms with E-state index in [0.29, 0.717) is 38.6 Å². The Hall–Kier alpha value is -3.49. The third kappa shape index (κ3) is 4.40. The van der Waals surface area contributed by atoms with Crippen molar-refractivity contribution in [1.82, 2.24) is 10.1 Å². The monoisotopic (exact) mass is 438 g/mol. The van der Waals surface area contributed by atoms with E-state index < -0.39 is 0 Å². The highest BCUT2D eigenvalue weighted by atomic mass is 35.5. The first-order chi connectivity index (χ1) is 14.5. The van der Waals surface area contributed by atoms with Crippen LogP contribution in [0.25, 0.3) is 22.2 Å². The Balaban J connectivity index is 1.52. The predicted molar refractivity (Wildman–Crippen MR) is 117 cm³/mol. The normalized spacial score (nSPS) is 10.6. The summed E-state index contributed by atoms with van der Waals surface area (Å²) in [7, 11) is 0. The number of hydrogen-bond donors (Lipinski definition) is 2. The van der Waals surface area contributed by atoms with Crippen LogP contribution in [0.4, 0.5) is 11.4 Å². The van der Waals surface area contributed by atoms with Gasteiger partial charge >= 0.3 is 0 Å². The topological polar surface area (TPSA) is 97.1 Å². The maximum Gasteiger partial charge on any atom is 0.270 e. The highest BCUT2D eigenvalue weighted by Gasteiger charge is 2.18. The van der Waals surface area contributed by atoms with Crippen molar-refractivity contribution in [2.45, 2.75) is 6.92 Å². The van der Waals surface area contributed by atoms with E-state index in [9.17, 15) is 9.59 Å². The quantitative estimate of drug-likeness (QED) is 0.439. The number of hydrogen-bond acceptors (Lipinski definition) is 6. The number of nitrogens with one attached hydrogen (secondary N) is 2. The Morgan fingerprint density at radius 1 is 1.00 bits per heavy atom. The molecule has 0 atom stereocenters. The van der Waals surface area contributed by atoms with E-state index in [1.807, 2.05) is 5.38 Å². The standard InChI is InChI=1S/C21H15ClN4O3S/c1-12(27)23-16-8-4-14(5-9-16)20(28)24-17-10-11-30-18(17)21-25-19(26-29-21)13-2-6-15(22)7-3-13/h2-11H,1H3,(H,23,27)(H,24,28). The van der Waals surface area contributed by atoms with Gasteiger partial charge < -0.3 is 15.2 Å². The van der Waals surface area contributed by atoms with E-state index in [2.05, 4.69) is 20.8 Å². The minimum atomic E-state index is -0.290. The molecule has 0 spiro atoms. The Morgan fingerprint density at radius 3 is 2.43 bits per heavy atom. The van der Waals surface area contributed by atoms with Gasteiger partial charge in [0.1, 0.15) is 4.88 Å². The van der Waals surface area contributed by atoms with Crippen LogP contribution in [-0.2, 0) is 4.79 Å². The van der Waals surface area contributed by atoms with Crippen LogP contribution in [0.3, 0.4) is 0 Å². The van der Waals surface area contributed by atoms with Gasteiger partial charge in [0.05, 0.1) is 5.69 Å². The Kier molecular flexibility index (Phi) is 5.60. The van der Waals surface area contributed by atoms with Crippen molar-refractivity contribution in [2.24, 2.45) is 0 Å². The van der Waals surface area contributed by atoms with Crippen molar-refractivity contribution >= 4 is 46.1 Å². The number of rotatable bonds is 5. The smallest absolute Gasteiger partial charge is 0.270 e. The molecule has 2 N–H and O–H groups in total. The van der Waals surface area contributed by atoms with Crippen molar-refractivity contribution in [1.29, 1.82) is 0 Å². The van der Waals surface area contributed by atoms with Crippen LogP contribution in [0.1, 0.15) is 17.3 Å². The summed E-state index contributed by atoms with van der Waals surface area (Å²) in [6, 6.07) is 15.5. The van der Waals surface area contributed by atoms with Crippen LogP contribution < -0.4 is 10.6 Å². The maximum atomic E-state index is 12.6. The molecular formula is C21H15ClN4O3S. The SMILES string of the molecule is CC(=O)Nc1ccc(C(=O)Nc2ccsc2-c2nc(-c3ccc(Cl)cc3)no2)cc1. The van der Waals surface area contributed by atoms with Gasteiger partial charge in [0, 0.05) is 28.8 Å². The molecule has 7 nitrogen and oxygen atoms in total. The number of carbonyl (C=O) groups is 2. The van der Waals surface area contributed by atoms with Crippen molar-refractivity contribution in [3.63, 3.8) is 0 Å². The fourth-order valence-corrected chi connectivity index (χ4v) is 3.60. The zero-order chi connectivity index (χ0) is 21.1. The summed E-state index contributed by atoms with van der Waals surface area (Å²) in [5.74, 6) is 0.279. The van der Waals surface area contributed by atoms with Gasteiger partial charge in [-0.2, -0.15) is 4.98 Å². The molecule has 0 aliphatic rings. The molecule has 2 heterocycles. The number of anilines is 2. The van der Waals surface area contributed by atoms with Crippen LogP contribution in [-0.4, -0.2) is 22.0 Å². The number of halogens is 1. The van der Waals surface area contributed by atoms with Gasteiger partial charge in [0.2, 0.25) is 11.7 Å². The lowest BCUT2D eigenvalue weighted by molar-refractivity contribution is -0.114. The summed E-state index contributed by atoms with van der Waals surface area (Å²) in [5.41, 5.74) is 2.42. The van der Waals surface area contributed by atoms with Crippen molar-refractivity contribution in [2.75, 3.05) is 10.6 Å². The lowest BCUT2D eigenvalue weighted by Crippen LogP contribution is -2.12. The summed E-state index contributed by atoms with van der Waals surface area (Å²) in [4.78, 5) is 28.8. The lowest BCUT2D eigenvalue weighted by atomic mass is 10.2. The molecule has 2 aromatic carbocycles. The minimum Gasteiger partial charge on any atom is -0.333 e. The fourth-order valence-electron chi connectivity index (χ4n) is 2.71. The zero-order valence-corrected chi connectivity index (χ0v) is 17.3. The Morgan fingerprint density at radius 2 is 1.73 bits per heavy atom. The molecule has 0 unspecified atom stereocenters. The molecule has 2 aromatic heterocycles. The molecule has 0 aliphatic carbocycles. The van der Waals surface area contributed by atoms with E-state index in [0.717, 1.165) is 5.56 Å². The molecule has 0 fully saturated rings. The molecule has 0 saturated carbocycles. The molecule has 30 heavy (non-hydrogen) atoms. The molecule has 0 aliphatic heterocycles. The molecule has 0 saturated heterocycles. The van der Waals surface area contributed by atoms with Gasteiger partial charge in [-0.05, 0) is 60.0 Å². The van der Waals surface area contributed by atoms with Gasteiger partial charge in [0.25, 0.3) is 11.8 Å². The molecular weight excluding hydrogens is 424 g/mol. The number of aromatic nitrogens is 2. The summed E-state index contributed by atoms with van der Waals surface area (Å²) >= 11 is 7.30. The third-order valence-corrected chi connectivity index (χ3v) is 5.26. The highest BCUT2D eigenvalue weighted by Crippen LogP contribution is 2.34. The van der Waals surface area contributed by atoms with E-state index in [1.165, 1.54) is 18.3 Å². The van der Waals surface area contributed by atoms with Crippen molar-refractivity contribution in [3.05, 3.63) is 70.6 Å². The summed E-state index contributed by atoms with van der Waals surface area (Å²) in [6.07, 6.45) is 0. The van der Waals surface area contributed by atoms with Crippen LogP contribution in [0.2, 0.25) is 5.02 Å². The molecule has 4 rings (SSSR count). The second-order valence-corrected chi connectivity index (χ2v) is 7.66. The number of carbonyl (C=O) groups excluding carboxylic acids is 2. The van der Waals surface area contributed by atoms with Crippen LogP contribution in [0, 0.1) is 0 Å². The van der Waals surface area contributed by atoms with Gasteiger partial charge in [-0.25, -0.2) is 0 Å². The number of benzene rings is 2. The summed E-state index contributed by atoms with van der Waals surface area (Å²) in [5, 5.41) is 12.0. The fraction of sp³-hybridized carbons (Fsp3) is 0.0476. The molecule has 4 aromatic rings. The maximum absolute atomic E-state index is 12.6. The lowest BCUT2D eigenvalue weighted by Gasteiger charge is -2.06. The first kappa shape index (κ1) is 19.8.